The summed E-state index contributed by atoms with van der Waals surface area (Å²) in [4.78, 5) is 8.35. The highest BCUT2D eigenvalue weighted by atomic mass is 19.1. The number of aliphatic hydroxyl groups excluding tert-OH is 2. The normalized spacial score (nSPS) is 24.4. The Labute approximate surface area is 156 Å². The fraction of sp³-hybridized carbons (Fsp3) is 0.474. The largest absolute Gasteiger partial charge is 0.481 e. The average Bonchev–Trinajstić information content (AvgIpc) is 2.68. The molecule has 1 aliphatic heterocycles. The molecular weight excluding hydrogens is 353 g/mol. The van der Waals surface area contributed by atoms with Crippen LogP contribution >= 0.6 is 0 Å². The second-order valence-corrected chi connectivity index (χ2v) is 6.63. The molecule has 2 aromatic heterocycles. The van der Waals surface area contributed by atoms with Gasteiger partial charge in [-0.2, -0.15) is 0 Å². The van der Waals surface area contributed by atoms with Gasteiger partial charge in [-0.3, -0.25) is 4.98 Å². The molecule has 2 aromatic rings. The van der Waals surface area contributed by atoms with Crippen LogP contribution in [0.5, 0.6) is 5.88 Å². The smallest absolute Gasteiger partial charge is 0.213 e. The number of aromatic nitrogens is 2. The first kappa shape index (κ1) is 19.6. The number of rotatable bonds is 6. The minimum Gasteiger partial charge on any atom is -0.481 e. The van der Waals surface area contributed by atoms with Gasteiger partial charge >= 0.3 is 0 Å². The summed E-state index contributed by atoms with van der Waals surface area (Å²) in [6.45, 7) is -0.338. The highest BCUT2D eigenvalue weighted by Gasteiger charge is 2.29. The third kappa shape index (κ3) is 4.59. The minimum atomic E-state index is -0.873. The van der Waals surface area contributed by atoms with Crippen molar-refractivity contribution in [2.75, 3.05) is 13.7 Å². The van der Waals surface area contributed by atoms with Gasteiger partial charge in [0.25, 0.3) is 0 Å². The van der Waals surface area contributed by atoms with Crippen molar-refractivity contribution in [3.05, 3.63) is 35.8 Å². The lowest BCUT2D eigenvalue weighted by Gasteiger charge is -2.34. The predicted octanol–water partition coefficient (Wildman–Crippen LogP) is 1.41. The number of methoxy groups -OCH3 is 1. The Hall–Kier alpha value is -2.13. The van der Waals surface area contributed by atoms with Crippen LogP contribution in [0, 0.1) is 5.82 Å². The Morgan fingerprint density at radius 3 is 3.00 bits per heavy atom. The second-order valence-electron chi connectivity index (χ2n) is 6.63. The van der Waals surface area contributed by atoms with Crippen LogP contribution in [0.15, 0.2) is 24.4 Å². The molecule has 0 spiro atoms. The maximum absolute atomic E-state index is 14.3. The number of pyridine rings is 2. The molecule has 1 fully saturated rings. The molecule has 0 saturated carbocycles. The van der Waals surface area contributed by atoms with Crippen LogP contribution in [-0.2, 0) is 4.74 Å². The van der Waals surface area contributed by atoms with E-state index in [0.29, 0.717) is 35.3 Å². The van der Waals surface area contributed by atoms with Gasteiger partial charge in [-0.15, -0.1) is 0 Å². The molecule has 7 nitrogen and oxygen atoms in total. The summed E-state index contributed by atoms with van der Waals surface area (Å²) in [6.07, 6.45) is 4.70. The van der Waals surface area contributed by atoms with E-state index >= 15 is 0 Å². The van der Waals surface area contributed by atoms with E-state index in [9.17, 15) is 9.50 Å². The van der Waals surface area contributed by atoms with Crippen LogP contribution in [-0.4, -0.2) is 58.3 Å². The number of nitrogens with zero attached hydrogens (tertiary/aromatic N) is 2. The van der Waals surface area contributed by atoms with E-state index in [4.69, 9.17) is 20.3 Å². The van der Waals surface area contributed by atoms with Crippen molar-refractivity contribution in [2.24, 2.45) is 5.73 Å². The third-order valence-electron chi connectivity index (χ3n) is 4.69. The molecule has 0 aliphatic carbocycles. The summed E-state index contributed by atoms with van der Waals surface area (Å²) in [5.41, 5.74) is 7.33. The molecule has 146 valence electrons. The van der Waals surface area contributed by atoms with E-state index in [1.807, 2.05) is 0 Å². The first-order valence-corrected chi connectivity index (χ1v) is 8.89. The van der Waals surface area contributed by atoms with Gasteiger partial charge in [-0.05, 0) is 18.9 Å². The van der Waals surface area contributed by atoms with Gasteiger partial charge in [0.2, 0.25) is 5.88 Å². The van der Waals surface area contributed by atoms with Crippen molar-refractivity contribution in [3.8, 4) is 5.88 Å². The van der Waals surface area contributed by atoms with E-state index in [0.717, 1.165) is 6.20 Å². The highest BCUT2D eigenvalue weighted by molar-refractivity contribution is 5.84. The van der Waals surface area contributed by atoms with Gasteiger partial charge in [-0.25, -0.2) is 9.37 Å². The molecule has 27 heavy (non-hydrogen) atoms. The number of aliphatic hydroxyl groups is 2. The van der Waals surface area contributed by atoms with Crippen molar-refractivity contribution >= 4 is 17.1 Å². The first-order valence-electron chi connectivity index (χ1n) is 8.89. The van der Waals surface area contributed by atoms with Crippen LogP contribution in [0.2, 0.25) is 0 Å². The molecule has 3 heterocycles. The Morgan fingerprint density at radius 2 is 2.26 bits per heavy atom. The zero-order valence-electron chi connectivity index (χ0n) is 15.1. The lowest BCUT2D eigenvalue weighted by atomic mass is 9.95. The van der Waals surface area contributed by atoms with Crippen molar-refractivity contribution in [1.29, 1.82) is 0 Å². The zero-order chi connectivity index (χ0) is 19.4. The summed E-state index contributed by atoms with van der Waals surface area (Å²) in [5, 5.41) is 18.7. The van der Waals surface area contributed by atoms with Crippen LogP contribution in [0.3, 0.4) is 0 Å². The Balaban J connectivity index is 1.82. The molecule has 8 heteroatoms. The molecule has 0 unspecified atom stereocenters. The predicted molar refractivity (Wildman–Crippen MR) is 98.7 cm³/mol. The first-order chi connectivity index (χ1) is 13.0. The lowest BCUT2D eigenvalue weighted by molar-refractivity contribution is -0.0648. The van der Waals surface area contributed by atoms with Gasteiger partial charge < -0.3 is 25.4 Å². The molecule has 1 aliphatic rings. The number of fused-ring (bicyclic) bond motifs is 1. The molecular formula is C19H24FN3O4. The quantitative estimate of drug-likeness (QED) is 0.698. The van der Waals surface area contributed by atoms with Crippen LogP contribution in [0.4, 0.5) is 4.39 Å². The van der Waals surface area contributed by atoms with E-state index < -0.39 is 11.9 Å². The zero-order valence-corrected chi connectivity index (χ0v) is 15.1. The number of hydrogen-bond donors (Lipinski definition) is 3. The molecule has 3 rings (SSSR count). The summed E-state index contributed by atoms with van der Waals surface area (Å²) in [6, 6.07) is 3.18. The molecule has 0 amide bonds. The maximum atomic E-state index is 14.3. The van der Waals surface area contributed by atoms with Crippen molar-refractivity contribution < 1.29 is 24.1 Å². The third-order valence-corrected chi connectivity index (χ3v) is 4.69. The van der Waals surface area contributed by atoms with Crippen LogP contribution < -0.4 is 10.5 Å². The number of hydrogen-bond acceptors (Lipinski definition) is 7. The van der Waals surface area contributed by atoms with Crippen molar-refractivity contribution in [3.63, 3.8) is 0 Å². The standard InChI is InChI=1S/C19H24FN3O4/c1-26-18-7-6-16-19(23-18)13(14(20)9-22-16)4-2-12-3-5-15(21)17(27-12)8-11(25)10-24/h2,4,6-7,9,11-12,15,17,24-25H,3,5,8,10,21H2,1H3/t11-,12-,15+,17+/m0/s1. The molecule has 0 bridgehead atoms. The van der Waals surface area contributed by atoms with E-state index in [1.54, 1.807) is 24.3 Å². The average molecular weight is 377 g/mol. The molecule has 0 radical (unpaired) electrons. The van der Waals surface area contributed by atoms with E-state index in [-0.39, 0.29) is 31.3 Å². The van der Waals surface area contributed by atoms with Crippen LogP contribution in [0.25, 0.3) is 17.1 Å². The summed E-state index contributed by atoms with van der Waals surface area (Å²) in [5.74, 6) is -0.109. The maximum Gasteiger partial charge on any atom is 0.213 e. The van der Waals surface area contributed by atoms with E-state index in [1.165, 1.54) is 7.11 Å². The minimum absolute atomic E-state index is 0.208. The fourth-order valence-corrected chi connectivity index (χ4v) is 3.17. The SMILES string of the molecule is COc1ccc2ncc(F)c(C=C[C@H]3CC[C@@H](N)[C@@H](C[C@H](O)CO)O3)c2n1. The molecule has 1 saturated heterocycles. The molecule has 4 N–H and O–H groups in total. The van der Waals surface area contributed by atoms with Gasteiger partial charge in [0.15, 0.2) is 5.82 Å². The van der Waals surface area contributed by atoms with E-state index in [2.05, 4.69) is 9.97 Å². The molecule has 0 aromatic carbocycles. The van der Waals surface area contributed by atoms with Crippen molar-refractivity contribution in [1.82, 2.24) is 9.97 Å². The van der Waals surface area contributed by atoms with Gasteiger partial charge in [0.1, 0.15) is 5.52 Å². The molecule has 4 atom stereocenters. The van der Waals surface area contributed by atoms with Crippen LogP contribution in [0.1, 0.15) is 24.8 Å². The monoisotopic (exact) mass is 377 g/mol. The highest BCUT2D eigenvalue weighted by Crippen LogP contribution is 2.26. The number of ether oxygens (including phenoxy) is 2. The topological polar surface area (TPSA) is 111 Å². The summed E-state index contributed by atoms with van der Waals surface area (Å²) >= 11 is 0. The summed E-state index contributed by atoms with van der Waals surface area (Å²) < 4.78 is 25.4. The Morgan fingerprint density at radius 1 is 1.44 bits per heavy atom. The van der Waals surface area contributed by atoms with Gasteiger partial charge in [-0.1, -0.05) is 12.2 Å². The number of halogens is 1. The fourth-order valence-electron chi connectivity index (χ4n) is 3.17. The Bertz CT molecular complexity index is 817. The summed E-state index contributed by atoms with van der Waals surface area (Å²) in [7, 11) is 1.50. The van der Waals surface area contributed by atoms with Gasteiger partial charge in [0, 0.05) is 24.1 Å². The van der Waals surface area contributed by atoms with Gasteiger partial charge in [0.05, 0.1) is 43.7 Å². The number of nitrogens with two attached hydrogens (primary N) is 1. The Kier molecular flexibility index (Phi) is 6.33. The second kappa shape index (κ2) is 8.71. The lowest BCUT2D eigenvalue weighted by Crippen LogP contribution is -2.45. The van der Waals surface area contributed by atoms with Crippen molar-refractivity contribution in [2.45, 2.75) is 43.6 Å².